The molecule has 0 radical (unpaired) electrons. The molecule has 0 atom stereocenters. The van der Waals surface area contributed by atoms with Gasteiger partial charge in [-0.15, -0.1) is 0 Å². The number of nitrogens with zero attached hydrogens (tertiary/aromatic N) is 4. The zero-order valence-electron chi connectivity index (χ0n) is 17.1. The molecule has 164 valence electrons. The van der Waals surface area contributed by atoms with Crippen LogP contribution in [-0.2, 0) is 30.4 Å². The molecule has 1 aliphatic heterocycles. The summed E-state index contributed by atoms with van der Waals surface area (Å²) >= 11 is 0. The number of pyridine rings is 1. The number of halogens is 3. The van der Waals surface area contributed by atoms with E-state index < -0.39 is 17.7 Å². The third-order valence-electron chi connectivity index (χ3n) is 5.17. The number of hydrogen-bond donors (Lipinski definition) is 0. The number of carbonyl (C=O) groups is 1. The number of ether oxygens (including phenoxy) is 1. The number of anilines is 1. The van der Waals surface area contributed by atoms with Crippen molar-refractivity contribution in [3.05, 3.63) is 46.5 Å². The summed E-state index contributed by atoms with van der Waals surface area (Å²) in [5.41, 5.74) is 1.61. The van der Waals surface area contributed by atoms with Gasteiger partial charge in [-0.1, -0.05) is 35.7 Å². The first kappa shape index (κ1) is 21.1. The highest BCUT2D eigenvalue weighted by Crippen LogP contribution is 2.39. The molecule has 0 N–H and O–H groups in total. The van der Waals surface area contributed by atoms with Crippen molar-refractivity contribution in [1.29, 1.82) is 0 Å². The second kappa shape index (κ2) is 8.16. The molecule has 31 heavy (non-hydrogen) atoms. The third kappa shape index (κ3) is 4.06. The summed E-state index contributed by atoms with van der Waals surface area (Å²) in [6.07, 6.45) is -2.37. The van der Waals surface area contributed by atoms with Gasteiger partial charge in [-0.3, -0.25) is 4.98 Å². The number of aromatic nitrogens is 3. The standard InChI is InChI=1S/C21H21F3N4O3/c1-3-5-6-13-9-16(21(22,23)24)14-8-7-12-10-28(11-15(12)17(14)25-13)20-27-26-18(31-20)19(29)30-4-2/h7-9H,3-6,10-11H2,1-2H3. The van der Waals surface area contributed by atoms with E-state index in [2.05, 4.69) is 15.2 Å². The first-order chi connectivity index (χ1) is 14.8. The molecule has 3 heterocycles. The van der Waals surface area contributed by atoms with Gasteiger partial charge in [-0.2, -0.15) is 13.2 Å². The largest absolute Gasteiger partial charge is 0.459 e. The van der Waals surface area contributed by atoms with Gasteiger partial charge in [0, 0.05) is 23.2 Å². The predicted octanol–water partition coefficient (Wildman–Crippen LogP) is 4.68. The quantitative estimate of drug-likeness (QED) is 0.521. The fourth-order valence-corrected chi connectivity index (χ4v) is 3.69. The Morgan fingerprint density at radius 1 is 1.23 bits per heavy atom. The molecule has 0 aliphatic carbocycles. The highest BCUT2D eigenvalue weighted by molar-refractivity contribution is 5.88. The molecule has 0 saturated carbocycles. The van der Waals surface area contributed by atoms with Gasteiger partial charge < -0.3 is 14.1 Å². The van der Waals surface area contributed by atoms with Crippen molar-refractivity contribution < 1.29 is 27.1 Å². The second-order valence-electron chi connectivity index (χ2n) is 7.33. The molecule has 3 aromatic rings. The Kier molecular flexibility index (Phi) is 5.55. The van der Waals surface area contributed by atoms with Crippen LogP contribution in [0, 0.1) is 0 Å². The van der Waals surface area contributed by atoms with Crippen molar-refractivity contribution in [2.45, 2.75) is 52.4 Å². The summed E-state index contributed by atoms with van der Waals surface area (Å²) in [6.45, 7) is 4.42. The van der Waals surface area contributed by atoms with Crippen LogP contribution in [-0.4, -0.2) is 27.8 Å². The molecule has 1 aliphatic rings. The topological polar surface area (TPSA) is 81.4 Å². The second-order valence-corrected chi connectivity index (χ2v) is 7.33. The summed E-state index contributed by atoms with van der Waals surface area (Å²) in [6, 6.07) is 4.39. The Morgan fingerprint density at radius 3 is 2.74 bits per heavy atom. The van der Waals surface area contributed by atoms with Gasteiger partial charge in [-0.25, -0.2) is 4.79 Å². The van der Waals surface area contributed by atoms with E-state index in [9.17, 15) is 18.0 Å². The van der Waals surface area contributed by atoms with Crippen LogP contribution < -0.4 is 4.90 Å². The molecule has 0 unspecified atom stereocenters. The van der Waals surface area contributed by atoms with Crippen molar-refractivity contribution in [2.24, 2.45) is 0 Å². The SMILES string of the molecule is CCCCc1cc(C(F)(F)F)c2ccc3c(c2n1)CN(c1nnc(C(=O)OCC)o1)C3. The number of esters is 1. The molecule has 10 heteroatoms. The summed E-state index contributed by atoms with van der Waals surface area (Å²) in [5.74, 6) is -0.988. The first-order valence-electron chi connectivity index (χ1n) is 10.1. The number of unbranched alkanes of at least 4 members (excludes halogenated alkanes) is 1. The molecule has 1 aromatic carbocycles. The van der Waals surface area contributed by atoms with Crippen molar-refractivity contribution >= 4 is 22.9 Å². The predicted molar refractivity (Wildman–Crippen MR) is 105 cm³/mol. The van der Waals surface area contributed by atoms with Gasteiger partial charge in [0.25, 0.3) is 0 Å². The van der Waals surface area contributed by atoms with Crippen LogP contribution in [0.1, 0.15) is 59.8 Å². The maximum atomic E-state index is 13.7. The number of rotatable bonds is 6. The monoisotopic (exact) mass is 434 g/mol. The third-order valence-corrected chi connectivity index (χ3v) is 5.17. The normalized spacial score (nSPS) is 13.6. The summed E-state index contributed by atoms with van der Waals surface area (Å²) < 4.78 is 51.5. The molecular formula is C21H21F3N4O3. The van der Waals surface area contributed by atoms with E-state index in [1.54, 1.807) is 17.9 Å². The van der Waals surface area contributed by atoms with Gasteiger partial charge in [0.15, 0.2) is 0 Å². The minimum Gasteiger partial charge on any atom is -0.459 e. The van der Waals surface area contributed by atoms with E-state index in [0.29, 0.717) is 29.7 Å². The Bertz CT molecular complexity index is 1130. The molecular weight excluding hydrogens is 413 g/mol. The van der Waals surface area contributed by atoms with E-state index in [-0.39, 0.29) is 30.4 Å². The number of aryl methyl sites for hydroxylation is 1. The van der Waals surface area contributed by atoms with E-state index in [0.717, 1.165) is 24.5 Å². The lowest BCUT2D eigenvalue weighted by atomic mass is 9.99. The Morgan fingerprint density at radius 2 is 2.03 bits per heavy atom. The van der Waals surface area contributed by atoms with Gasteiger partial charge in [-0.05, 0) is 31.4 Å². The van der Waals surface area contributed by atoms with Crippen LogP contribution in [0.25, 0.3) is 10.9 Å². The zero-order valence-corrected chi connectivity index (χ0v) is 17.1. The van der Waals surface area contributed by atoms with Crippen molar-refractivity contribution in [3.8, 4) is 0 Å². The Labute approximate surface area is 176 Å². The average Bonchev–Trinajstić information content (AvgIpc) is 3.38. The van der Waals surface area contributed by atoms with Gasteiger partial charge in [0.2, 0.25) is 0 Å². The fraction of sp³-hybridized carbons (Fsp3) is 0.429. The van der Waals surface area contributed by atoms with Crippen LogP contribution in [0.15, 0.2) is 22.6 Å². The van der Waals surface area contributed by atoms with Gasteiger partial charge in [0.05, 0.1) is 24.2 Å². The lowest BCUT2D eigenvalue weighted by molar-refractivity contribution is -0.136. The fourth-order valence-electron chi connectivity index (χ4n) is 3.69. The number of fused-ring (bicyclic) bond motifs is 3. The molecule has 0 fully saturated rings. The smallest absolute Gasteiger partial charge is 0.417 e. The highest BCUT2D eigenvalue weighted by atomic mass is 19.4. The summed E-state index contributed by atoms with van der Waals surface area (Å²) in [5, 5.41) is 7.66. The van der Waals surface area contributed by atoms with Gasteiger partial charge >= 0.3 is 24.1 Å². The molecule has 0 bridgehead atoms. The Balaban J connectivity index is 1.72. The average molecular weight is 434 g/mol. The van der Waals surface area contributed by atoms with Crippen molar-refractivity contribution in [2.75, 3.05) is 11.5 Å². The molecule has 0 spiro atoms. The number of carbonyl (C=O) groups excluding carboxylic acids is 1. The highest BCUT2D eigenvalue weighted by Gasteiger charge is 2.35. The van der Waals surface area contributed by atoms with Crippen LogP contribution in [0.5, 0.6) is 0 Å². The van der Waals surface area contributed by atoms with Crippen molar-refractivity contribution in [1.82, 2.24) is 15.2 Å². The lowest BCUT2D eigenvalue weighted by Crippen LogP contribution is -2.15. The number of hydrogen-bond acceptors (Lipinski definition) is 7. The maximum absolute atomic E-state index is 13.7. The molecule has 2 aromatic heterocycles. The first-order valence-corrected chi connectivity index (χ1v) is 10.1. The van der Waals surface area contributed by atoms with Crippen LogP contribution >= 0.6 is 0 Å². The van der Waals surface area contributed by atoms with E-state index in [1.807, 2.05) is 6.92 Å². The minimum atomic E-state index is -4.48. The molecule has 4 rings (SSSR count). The van der Waals surface area contributed by atoms with E-state index in [4.69, 9.17) is 9.15 Å². The zero-order chi connectivity index (χ0) is 22.2. The van der Waals surface area contributed by atoms with Crippen LogP contribution in [0.2, 0.25) is 0 Å². The molecule has 7 nitrogen and oxygen atoms in total. The van der Waals surface area contributed by atoms with Crippen LogP contribution in [0.4, 0.5) is 19.2 Å². The molecule has 0 saturated heterocycles. The van der Waals surface area contributed by atoms with E-state index in [1.165, 1.54) is 6.07 Å². The summed E-state index contributed by atoms with van der Waals surface area (Å²) in [4.78, 5) is 18.0. The van der Waals surface area contributed by atoms with Crippen molar-refractivity contribution in [3.63, 3.8) is 0 Å². The number of alkyl halides is 3. The minimum absolute atomic E-state index is 0.0751. The maximum Gasteiger partial charge on any atom is 0.417 e. The Hall–Kier alpha value is -3.17. The number of benzene rings is 1. The van der Waals surface area contributed by atoms with E-state index >= 15 is 0 Å². The lowest BCUT2D eigenvalue weighted by Gasteiger charge is -2.14. The molecule has 0 amide bonds. The van der Waals surface area contributed by atoms with Crippen LogP contribution in [0.3, 0.4) is 0 Å². The summed E-state index contributed by atoms with van der Waals surface area (Å²) in [7, 11) is 0. The van der Waals surface area contributed by atoms with Gasteiger partial charge in [0.1, 0.15) is 0 Å².